The molecule has 15 heavy (non-hydrogen) atoms. The SMILES string of the molecule is C1COCO1.CCCO.O=S(=O)(O)O.[H-].[Na+]. The Morgan fingerprint density at radius 1 is 1.27 bits per heavy atom. The second-order valence-corrected chi connectivity index (χ2v) is 3.00. The summed E-state index contributed by atoms with van der Waals surface area (Å²) in [6, 6.07) is 0. The number of rotatable bonds is 1. The van der Waals surface area contributed by atoms with E-state index in [1.165, 1.54) is 0 Å². The number of ether oxygens (including phenoxy) is 2. The van der Waals surface area contributed by atoms with Crippen LogP contribution < -0.4 is 29.6 Å². The average Bonchev–Trinajstić information content (AvgIpc) is 2.57. The molecule has 1 aliphatic heterocycles. The van der Waals surface area contributed by atoms with Gasteiger partial charge in [-0.15, -0.1) is 0 Å². The first-order chi connectivity index (χ1) is 6.41. The first-order valence-corrected chi connectivity index (χ1v) is 5.27. The fraction of sp³-hybridized carbons (Fsp3) is 1.00. The zero-order chi connectivity index (χ0) is 11.4. The van der Waals surface area contributed by atoms with Gasteiger partial charge in [-0.2, -0.15) is 8.42 Å². The van der Waals surface area contributed by atoms with Crippen molar-refractivity contribution in [1.82, 2.24) is 0 Å². The Labute approximate surface area is 113 Å². The molecule has 3 N–H and O–H groups in total. The van der Waals surface area contributed by atoms with Crippen molar-refractivity contribution in [3.63, 3.8) is 0 Å². The number of hydrogen-bond donors (Lipinski definition) is 3. The van der Waals surface area contributed by atoms with Crippen molar-refractivity contribution in [1.29, 1.82) is 0 Å². The van der Waals surface area contributed by atoms with E-state index in [9.17, 15) is 0 Å². The second-order valence-electron chi connectivity index (χ2n) is 2.11. The van der Waals surface area contributed by atoms with Crippen LogP contribution in [0.25, 0.3) is 0 Å². The standard InChI is InChI=1S/C3H6O2.C3H8O.Na.H2O4S.H/c1-2-5-3-4-1;1-2-3-4;;1-5(2,3)4;/h1-3H2;4H,2-3H2,1H3;;(H2,1,2,3,4);/q;;+1;;-1. The van der Waals surface area contributed by atoms with Gasteiger partial charge in [0.05, 0.1) is 13.2 Å². The molecule has 1 fully saturated rings. The predicted octanol–water partition coefficient (Wildman–Crippen LogP) is -3.16. The largest absolute Gasteiger partial charge is 1.00 e. The summed E-state index contributed by atoms with van der Waals surface area (Å²) in [5.74, 6) is 0. The van der Waals surface area contributed by atoms with Gasteiger partial charge in [0.1, 0.15) is 6.79 Å². The van der Waals surface area contributed by atoms with Crippen molar-refractivity contribution < 1.29 is 63.1 Å². The van der Waals surface area contributed by atoms with Gasteiger partial charge in [0, 0.05) is 6.61 Å². The summed E-state index contributed by atoms with van der Waals surface area (Å²) in [6.07, 6.45) is 0.875. The van der Waals surface area contributed by atoms with Crippen LogP contribution in [-0.4, -0.2) is 49.2 Å². The third-order valence-electron chi connectivity index (χ3n) is 0.762. The van der Waals surface area contributed by atoms with Crippen molar-refractivity contribution >= 4 is 10.4 Å². The molecule has 0 atom stereocenters. The molecule has 0 radical (unpaired) electrons. The molecule has 0 bridgehead atoms. The van der Waals surface area contributed by atoms with Crippen molar-refractivity contribution in [3.8, 4) is 0 Å². The monoisotopic (exact) mass is 256 g/mol. The van der Waals surface area contributed by atoms with Crippen LogP contribution >= 0.6 is 0 Å². The molecule has 9 heteroatoms. The van der Waals surface area contributed by atoms with Crippen LogP contribution in [0, 0.1) is 0 Å². The third-order valence-corrected chi connectivity index (χ3v) is 0.762. The summed E-state index contributed by atoms with van der Waals surface area (Å²) >= 11 is 0. The summed E-state index contributed by atoms with van der Waals surface area (Å²) in [5.41, 5.74) is 0. The summed E-state index contributed by atoms with van der Waals surface area (Å²) in [4.78, 5) is 0. The summed E-state index contributed by atoms with van der Waals surface area (Å²) in [5, 5.41) is 7.88. The van der Waals surface area contributed by atoms with Crippen molar-refractivity contribution in [2.24, 2.45) is 0 Å². The summed E-state index contributed by atoms with van der Waals surface area (Å²) in [6.45, 7) is 4.31. The van der Waals surface area contributed by atoms with Gasteiger partial charge in [0.2, 0.25) is 0 Å². The van der Waals surface area contributed by atoms with Crippen LogP contribution in [0.2, 0.25) is 0 Å². The Bertz CT molecular complexity index is 177. The predicted molar refractivity (Wildman–Crippen MR) is 49.4 cm³/mol. The van der Waals surface area contributed by atoms with E-state index in [-0.39, 0.29) is 31.0 Å². The van der Waals surface area contributed by atoms with Crippen LogP contribution in [0.5, 0.6) is 0 Å². The van der Waals surface area contributed by atoms with E-state index in [4.69, 9.17) is 32.1 Å². The van der Waals surface area contributed by atoms with Crippen molar-refractivity contribution in [2.45, 2.75) is 13.3 Å². The van der Waals surface area contributed by atoms with Gasteiger partial charge < -0.3 is 16.0 Å². The number of aliphatic hydroxyl groups excluding tert-OH is 1. The Kier molecular flexibility index (Phi) is 20.7. The van der Waals surface area contributed by atoms with Crippen LogP contribution in [0.4, 0.5) is 0 Å². The molecular weight excluding hydrogens is 239 g/mol. The number of aliphatic hydroxyl groups is 1. The quantitative estimate of drug-likeness (QED) is 0.335. The molecule has 0 aromatic heterocycles. The molecule has 0 saturated carbocycles. The van der Waals surface area contributed by atoms with E-state index in [0.717, 1.165) is 19.6 Å². The fourth-order valence-corrected chi connectivity index (χ4v) is 0.295. The Balaban J connectivity index is -0.0000000641. The van der Waals surface area contributed by atoms with Gasteiger partial charge in [-0.3, -0.25) is 9.11 Å². The van der Waals surface area contributed by atoms with Crippen LogP contribution in [0.1, 0.15) is 14.8 Å². The topological polar surface area (TPSA) is 113 Å². The van der Waals surface area contributed by atoms with Crippen LogP contribution in [0.15, 0.2) is 0 Å². The Hall–Kier alpha value is 0.750. The van der Waals surface area contributed by atoms with Crippen LogP contribution in [-0.2, 0) is 19.9 Å². The second kappa shape index (κ2) is 14.8. The third kappa shape index (κ3) is 52.6. The molecular formula is C6H17NaO7S. The Morgan fingerprint density at radius 3 is 1.60 bits per heavy atom. The molecule has 0 aliphatic carbocycles. The van der Waals surface area contributed by atoms with Gasteiger partial charge in [-0.1, -0.05) is 6.92 Å². The van der Waals surface area contributed by atoms with Gasteiger partial charge >= 0.3 is 40.0 Å². The molecule has 0 aromatic carbocycles. The molecule has 1 heterocycles. The molecule has 1 rings (SSSR count). The molecule has 90 valence electrons. The summed E-state index contributed by atoms with van der Waals surface area (Å²) in [7, 11) is -4.67. The van der Waals surface area contributed by atoms with Crippen molar-refractivity contribution in [2.75, 3.05) is 26.6 Å². The van der Waals surface area contributed by atoms with Gasteiger partial charge in [-0.25, -0.2) is 0 Å². The minimum Gasteiger partial charge on any atom is -1.00 e. The van der Waals surface area contributed by atoms with Gasteiger partial charge in [-0.05, 0) is 6.42 Å². The Morgan fingerprint density at radius 2 is 1.53 bits per heavy atom. The molecule has 1 aliphatic rings. The molecule has 0 spiro atoms. The zero-order valence-corrected chi connectivity index (χ0v) is 11.7. The van der Waals surface area contributed by atoms with Gasteiger partial charge in [0.15, 0.2) is 0 Å². The van der Waals surface area contributed by atoms with E-state index in [1.807, 2.05) is 6.92 Å². The smallest absolute Gasteiger partial charge is 1.00 e. The maximum Gasteiger partial charge on any atom is 1.00 e. The van der Waals surface area contributed by atoms with Crippen molar-refractivity contribution in [3.05, 3.63) is 0 Å². The molecule has 0 aromatic rings. The maximum atomic E-state index is 8.74. The van der Waals surface area contributed by atoms with E-state index < -0.39 is 10.4 Å². The number of hydrogen-bond acceptors (Lipinski definition) is 5. The zero-order valence-electron chi connectivity index (χ0n) is 9.92. The molecule has 1 saturated heterocycles. The fourth-order valence-electron chi connectivity index (χ4n) is 0.295. The summed E-state index contributed by atoms with van der Waals surface area (Å²) < 4.78 is 41.0. The normalized spacial score (nSPS) is 13.9. The van der Waals surface area contributed by atoms with E-state index in [1.54, 1.807) is 0 Å². The average molecular weight is 256 g/mol. The first kappa shape index (κ1) is 21.1. The molecule has 0 unspecified atom stereocenters. The van der Waals surface area contributed by atoms with Crippen LogP contribution in [0.3, 0.4) is 0 Å². The molecule has 0 amide bonds. The van der Waals surface area contributed by atoms with Gasteiger partial charge in [0.25, 0.3) is 0 Å². The minimum absolute atomic E-state index is 0. The minimum atomic E-state index is -4.67. The molecule has 7 nitrogen and oxygen atoms in total. The van der Waals surface area contributed by atoms with E-state index in [0.29, 0.717) is 13.4 Å². The first-order valence-electron chi connectivity index (χ1n) is 3.88. The van der Waals surface area contributed by atoms with E-state index >= 15 is 0 Å². The van der Waals surface area contributed by atoms with E-state index in [2.05, 4.69) is 0 Å². The maximum absolute atomic E-state index is 8.74.